The van der Waals surface area contributed by atoms with Crippen LogP contribution in [0.1, 0.15) is 36.9 Å². The van der Waals surface area contributed by atoms with E-state index >= 15 is 0 Å². The average molecular weight is 420 g/mol. The predicted molar refractivity (Wildman–Crippen MR) is 121 cm³/mol. The van der Waals surface area contributed by atoms with Gasteiger partial charge in [-0.15, -0.1) is 0 Å². The van der Waals surface area contributed by atoms with Gasteiger partial charge in [-0.2, -0.15) is 0 Å². The molecular formula is C26H30FN3O. The fourth-order valence-corrected chi connectivity index (χ4v) is 5.17. The standard InChI is InChI=1S/C26H30FN3O/c27-23-8-5-6-20(16-23)18-30-24(17-22-7-1-2-9-25(22)30)19-28-14-10-21(11-15-28)26(31)29-12-3-4-13-29/h1-2,5-9,16-17,21H,3-4,10-15,18-19H2. The minimum Gasteiger partial charge on any atom is -0.342 e. The van der Waals surface area contributed by atoms with E-state index in [4.69, 9.17) is 0 Å². The van der Waals surface area contributed by atoms with Crippen molar-refractivity contribution in [3.05, 3.63) is 71.7 Å². The molecule has 5 rings (SSSR count). The Balaban J connectivity index is 1.31. The van der Waals surface area contributed by atoms with Gasteiger partial charge in [0.2, 0.25) is 5.91 Å². The number of aromatic nitrogens is 1. The number of nitrogens with zero attached hydrogens (tertiary/aromatic N) is 3. The number of likely N-dealkylation sites (tertiary alicyclic amines) is 2. The minimum atomic E-state index is -0.194. The zero-order valence-corrected chi connectivity index (χ0v) is 18.0. The molecule has 5 heteroatoms. The van der Waals surface area contributed by atoms with Crippen LogP contribution in [0.25, 0.3) is 10.9 Å². The summed E-state index contributed by atoms with van der Waals surface area (Å²) in [5.74, 6) is 0.366. The quantitative estimate of drug-likeness (QED) is 0.602. The van der Waals surface area contributed by atoms with Crippen LogP contribution in [0.3, 0.4) is 0 Å². The van der Waals surface area contributed by atoms with Crippen LogP contribution in [0.4, 0.5) is 4.39 Å². The number of halogens is 1. The summed E-state index contributed by atoms with van der Waals surface area (Å²) in [7, 11) is 0. The molecule has 0 N–H and O–H groups in total. The van der Waals surface area contributed by atoms with Gasteiger partial charge in [-0.1, -0.05) is 30.3 Å². The lowest BCUT2D eigenvalue weighted by molar-refractivity contribution is -0.136. The molecular weight excluding hydrogens is 389 g/mol. The summed E-state index contributed by atoms with van der Waals surface area (Å²) >= 11 is 0. The van der Waals surface area contributed by atoms with Crippen molar-refractivity contribution in [2.24, 2.45) is 5.92 Å². The van der Waals surface area contributed by atoms with Gasteiger partial charge in [-0.25, -0.2) is 4.39 Å². The second kappa shape index (κ2) is 8.83. The van der Waals surface area contributed by atoms with Crippen molar-refractivity contribution in [3.63, 3.8) is 0 Å². The first kappa shape index (κ1) is 20.3. The Morgan fingerprint density at radius 2 is 1.68 bits per heavy atom. The van der Waals surface area contributed by atoms with E-state index in [-0.39, 0.29) is 11.7 Å². The summed E-state index contributed by atoms with van der Waals surface area (Å²) in [6.07, 6.45) is 4.19. The maximum Gasteiger partial charge on any atom is 0.225 e. The number of fused-ring (bicyclic) bond motifs is 1. The Morgan fingerprint density at radius 3 is 2.45 bits per heavy atom. The van der Waals surface area contributed by atoms with E-state index in [1.807, 2.05) is 6.07 Å². The summed E-state index contributed by atoms with van der Waals surface area (Å²) in [5, 5.41) is 1.22. The summed E-state index contributed by atoms with van der Waals surface area (Å²) in [4.78, 5) is 17.3. The van der Waals surface area contributed by atoms with E-state index in [0.717, 1.165) is 64.0 Å². The highest BCUT2D eigenvalue weighted by Crippen LogP contribution is 2.26. The van der Waals surface area contributed by atoms with E-state index in [1.165, 1.54) is 22.7 Å². The number of carbonyl (C=O) groups excluding carboxylic acids is 1. The Hall–Kier alpha value is -2.66. The molecule has 2 fully saturated rings. The molecule has 3 aromatic rings. The molecule has 0 atom stereocenters. The van der Waals surface area contributed by atoms with Crippen LogP contribution in [0.15, 0.2) is 54.6 Å². The lowest BCUT2D eigenvalue weighted by atomic mass is 9.95. The summed E-state index contributed by atoms with van der Waals surface area (Å²) in [5.41, 5.74) is 3.40. The van der Waals surface area contributed by atoms with E-state index in [2.05, 4.69) is 44.7 Å². The van der Waals surface area contributed by atoms with Crippen LogP contribution in [-0.4, -0.2) is 46.5 Å². The van der Waals surface area contributed by atoms with Crippen LogP contribution in [-0.2, 0) is 17.9 Å². The van der Waals surface area contributed by atoms with E-state index in [1.54, 1.807) is 12.1 Å². The first-order valence-electron chi connectivity index (χ1n) is 11.5. The Bertz CT molecular complexity index is 1060. The average Bonchev–Trinajstić information content (AvgIpc) is 3.43. The molecule has 2 aromatic carbocycles. The number of para-hydroxylation sites is 1. The molecule has 2 aliphatic heterocycles. The number of amides is 1. The van der Waals surface area contributed by atoms with Crippen molar-refractivity contribution in [1.82, 2.24) is 14.4 Å². The third kappa shape index (κ3) is 4.38. The van der Waals surface area contributed by atoms with Crippen molar-refractivity contribution < 1.29 is 9.18 Å². The number of hydrogen-bond acceptors (Lipinski definition) is 2. The highest BCUT2D eigenvalue weighted by molar-refractivity contribution is 5.81. The highest BCUT2D eigenvalue weighted by Gasteiger charge is 2.30. The molecule has 0 radical (unpaired) electrons. The molecule has 162 valence electrons. The molecule has 0 aliphatic carbocycles. The minimum absolute atomic E-state index is 0.188. The van der Waals surface area contributed by atoms with Gasteiger partial charge in [0.1, 0.15) is 5.82 Å². The Labute approximate surface area is 183 Å². The number of hydrogen-bond donors (Lipinski definition) is 0. The van der Waals surface area contributed by atoms with Crippen LogP contribution in [0, 0.1) is 11.7 Å². The monoisotopic (exact) mass is 419 g/mol. The van der Waals surface area contributed by atoms with Gasteiger partial charge in [0, 0.05) is 43.3 Å². The smallest absolute Gasteiger partial charge is 0.225 e. The number of piperidine rings is 1. The second-order valence-electron chi connectivity index (χ2n) is 8.99. The zero-order chi connectivity index (χ0) is 21.2. The van der Waals surface area contributed by atoms with Crippen LogP contribution < -0.4 is 0 Å². The first-order valence-corrected chi connectivity index (χ1v) is 11.5. The number of carbonyl (C=O) groups is 1. The predicted octanol–water partition coefficient (Wildman–Crippen LogP) is 4.66. The summed E-state index contributed by atoms with van der Waals surface area (Å²) in [6, 6.07) is 17.5. The second-order valence-corrected chi connectivity index (χ2v) is 8.99. The van der Waals surface area contributed by atoms with Gasteiger partial charge in [-0.05, 0) is 74.0 Å². The van der Waals surface area contributed by atoms with E-state index in [9.17, 15) is 9.18 Å². The van der Waals surface area contributed by atoms with Gasteiger partial charge in [-0.3, -0.25) is 9.69 Å². The SMILES string of the molecule is O=C(C1CCN(Cc2cc3ccccc3n2Cc2cccc(F)c2)CC1)N1CCCC1. The summed E-state index contributed by atoms with van der Waals surface area (Å²) in [6.45, 7) is 5.30. The van der Waals surface area contributed by atoms with Gasteiger partial charge in [0.25, 0.3) is 0 Å². The third-order valence-corrected chi connectivity index (χ3v) is 6.87. The number of benzene rings is 2. The molecule has 4 nitrogen and oxygen atoms in total. The van der Waals surface area contributed by atoms with Gasteiger partial charge in [0.05, 0.1) is 0 Å². The maximum absolute atomic E-state index is 13.7. The third-order valence-electron chi connectivity index (χ3n) is 6.87. The molecule has 0 saturated carbocycles. The molecule has 1 amide bonds. The van der Waals surface area contributed by atoms with Crippen molar-refractivity contribution in [3.8, 4) is 0 Å². The topological polar surface area (TPSA) is 28.5 Å². The fraction of sp³-hybridized carbons (Fsp3) is 0.423. The van der Waals surface area contributed by atoms with E-state index < -0.39 is 0 Å². The van der Waals surface area contributed by atoms with Crippen molar-refractivity contribution >= 4 is 16.8 Å². The lowest BCUT2D eigenvalue weighted by Crippen LogP contribution is -2.41. The highest BCUT2D eigenvalue weighted by atomic mass is 19.1. The molecule has 1 aromatic heterocycles. The van der Waals surface area contributed by atoms with E-state index in [0.29, 0.717) is 12.5 Å². The van der Waals surface area contributed by atoms with Gasteiger partial charge >= 0.3 is 0 Å². The molecule has 0 spiro atoms. The largest absolute Gasteiger partial charge is 0.342 e. The Kier molecular flexibility index (Phi) is 5.77. The van der Waals surface area contributed by atoms with Crippen molar-refractivity contribution in [2.45, 2.75) is 38.8 Å². The van der Waals surface area contributed by atoms with Crippen LogP contribution in [0.2, 0.25) is 0 Å². The first-order chi connectivity index (χ1) is 15.2. The van der Waals surface area contributed by atoms with Gasteiger partial charge < -0.3 is 9.47 Å². The van der Waals surface area contributed by atoms with Crippen LogP contribution in [0.5, 0.6) is 0 Å². The molecule has 2 saturated heterocycles. The summed E-state index contributed by atoms with van der Waals surface area (Å²) < 4.78 is 16.1. The van der Waals surface area contributed by atoms with Crippen molar-refractivity contribution in [1.29, 1.82) is 0 Å². The van der Waals surface area contributed by atoms with Gasteiger partial charge in [0.15, 0.2) is 0 Å². The fourth-order valence-electron chi connectivity index (χ4n) is 5.17. The van der Waals surface area contributed by atoms with Crippen LogP contribution >= 0.6 is 0 Å². The number of rotatable bonds is 5. The molecule has 0 bridgehead atoms. The molecule has 0 unspecified atom stereocenters. The normalized spacial score (nSPS) is 18.2. The maximum atomic E-state index is 13.7. The zero-order valence-electron chi connectivity index (χ0n) is 18.0. The molecule has 2 aliphatic rings. The molecule has 3 heterocycles. The Morgan fingerprint density at radius 1 is 0.903 bits per heavy atom. The van der Waals surface area contributed by atoms with Crippen molar-refractivity contribution in [2.75, 3.05) is 26.2 Å². The lowest BCUT2D eigenvalue weighted by Gasteiger charge is -2.33. The molecule has 31 heavy (non-hydrogen) atoms.